The van der Waals surface area contributed by atoms with Crippen molar-refractivity contribution >= 4 is 16.7 Å². The van der Waals surface area contributed by atoms with Gasteiger partial charge in [0.2, 0.25) is 0 Å². The highest BCUT2D eigenvalue weighted by Crippen LogP contribution is 2.46. The molecular formula is C19H14O3. The van der Waals surface area contributed by atoms with Crippen LogP contribution in [0.25, 0.3) is 10.8 Å². The lowest BCUT2D eigenvalue weighted by Gasteiger charge is -2.17. The summed E-state index contributed by atoms with van der Waals surface area (Å²) in [6.07, 6.45) is -1.48. The summed E-state index contributed by atoms with van der Waals surface area (Å²) in [6, 6.07) is 20.4. The minimum Gasteiger partial charge on any atom is -0.451 e. The Balaban J connectivity index is 1.73. The first-order valence-electron chi connectivity index (χ1n) is 7.21. The van der Waals surface area contributed by atoms with Gasteiger partial charge in [0.15, 0.2) is 6.10 Å². The van der Waals surface area contributed by atoms with Crippen molar-refractivity contribution in [3.8, 4) is 0 Å². The number of esters is 1. The van der Waals surface area contributed by atoms with Crippen molar-refractivity contribution in [1.82, 2.24) is 0 Å². The highest BCUT2D eigenvalue weighted by Gasteiger charge is 2.35. The zero-order chi connectivity index (χ0) is 15.1. The van der Waals surface area contributed by atoms with E-state index < -0.39 is 18.2 Å². The Morgan fingerprint density at radius 3 is 2.27 bits per heavy atom. The fraction of sp³-hybridized carbons (Fsp3) is 0.105. The first-order chi connectivity index (χ1) is 10.8. The van der Waals surface area contributed by atoms with Gasteiger partial charge in [0.25, 0.3) is 0 Å². The average molecular weight is 290 g/mol. The lowest BCUT2D eigenvalue weighted by Crippen LogP contribution is -2.14. The van der Waals surface area contributed by atoms with Crippen LogP contribution in [0.3, 0.4) is 0 Å². The predicted molar refractivity (Wildman–Crippen MR) is 83.5 cm³/mol. The summed E-state index contributed by atoms with van der Waals surface area (Å²) in [5.74, 6) is -0.422. The van der Waals surface area contributed by atoms with Crippen molar-refractivity contribution in [2.45, 2.75) is 12.2 Å². The van der Waals surface area contributed by atoms with Gasteiger partial charge in [-0.25, -0.2) is 4.79 Å². The van der Waals surface area contributed by atoms with Gasteiger partial charge in [-0.05, 0) is 28.5 Å². The highest BCUT2D eigenvalue weighted by atomic mass is 16.6. The molecule has 0 bridgehead atoms. The zero-order valence-corrected chi connectivity index (χ0v) is 11.8. The van der Waals surface area contributed by atoms with Crippen molar-refractivity contribution in [1.29, 1.82) is 0 Å². The summed E-state index contributed by atoms with van der Waals surface area (Å²) in [5, 5.41) is 12.6. The third-order valence-electron chi connectivity index (χ3n) is 4.12. The second kappa shape index (κ2) is 4.97. The molecule has 0 spiro atoms. The number of rotatable bonds is 2. The number of benzene rings is 3. The summed E-state index contributed by atoms with van der Waals surface area (Å²) in [7, 11) is 0. The number of aliphatic hydroxyl groups is 1. The number of carbonyl (C=O) groups is 1. The second-order valence-electron chi connectivity index (χ2n) is 5.43. The van der Waals surface area contributed by atoms with Crippen LogP contribution in [0.4, 0.5) is 0 Å². The molecule has 3 nitrogen and oxygen atoms in total. The number of ether oxygens (including phenoxy) is 1. The lowest BCUT2D eigenvalue weighted by atomic mass is 10.1. The van der Waals surface area contributed by atoms with Crippen LogP contribution in [-0.4, -0.2) is 11.1 Å². The van der Waals surface area contributed by atoms with Crippen LogP contribution in [0, 0.1) is 0 Å². The van der Waals surface area contributed by atoms with Crippen molar-refractivity contribution in [2.24, 2.45) is 0 Å². The molecule has 1 aliphatic carbocycles. The molecule has 108 valence electrons. The first-order valence-corrected chi connectivity index (χ1v) is 7.21. The minimum absolute atomic E-state index is 0.422. The monoisotopic (exact) mass is 290 g/mol. The number of hydrogen-bond acceptors (Lipinski definition) is 3. The molecule has 1 N–H and O–H groups in total. The van der Waals surface area contributed by atoms with Crippen molar-refractivity contribution in [3.63, 3.8) is 0 Å². The molecule has 2 atom stereocenters. The number of hydrogen-bond donors (Lipinski definition) is 1. The minimum atomic E-state index is -0.825. The van der Waals surface area contributed by atoms with Crippen molar-refractivity contribution in [3.05, 3.63) is 83.4 Å². The molecule has 0 radical (unpaired) electrons. The second-order valence-corrected chi connectivity index (χ2v) is 5.43. The molecule has 1 aliphatic rings. The summed E-state index contributed by atoms with van der Waals surface area (Å²) in [5.41, 5.74) is 2.17. The van der Waals surface area contributed by atoms with Crippen LogP contribution in [-0.2, 0) is 4.74 Å². The van der Waals surface area contributed by atoms with Crippen LogP contribution in [0.2, 0.25) is 0 Å². The Hall–Kier alpha value is -2.65. The van der Waals surface area contributed by atoms with E-state index in [-0.39, 0.29) is 0 Å². The summed E-state index contributed by atoms with van der Waals surface area (Å²) >= 11 is 0. The Kier molecular flexibility index (Phi) is 2.94. The predicted octanol–water partition coefficient (Wildman–Crippen LogP) is 3.78. The van der Waals surface area contributed by atoms with Gasteiger partial charge in [-0.15, -0.1) is 0 Å². The molecule has 0 heterocycles. The lowest BCUT2D eigenvalue weighted by molar-refractivity contribution is -0.0161. The van der Waals surface area contributed by atoms with Gasteiger partial charge in [-0.2, -0.15) is 0 Å². The van der Waals surface area contributed by atoms with E-state index >= 15 is 0 Å². The van der Waals surface area contributed by atoms with E-state index in [4.69, 9.17) is 4.74 Å². The Morgan fingerprint density at radius 2 is 1.55 bits per heavy atom. The molecule has 4 rings (SSSR count). The molecule has 0 saturated carbocycles. The van der Waals surface area contributed by atoms with E-state index in [0.717, 1.165) is 21.9 Å². The van der Waals surface area contributed by atoms with Crippen LogP contribution in [0.15, 0.2) is 66.7 Å². The molecule has 0 amide bonds. The van der Waals surface area contributed by atoms with E-state index in [9.17, 15) is 9.90 Å². The van der Waals surface area contributed by atoms with Gasteiger partial charge in [0.1, 0.15) is 6.10 Å². The maximum absolute atomic E-state index is 12.3. The molecule has 3 heteroatoms. The van der Waals surface area contributed by atoms with E-state index in [2.05, 4.69) is 0 Å². The van der Waals surface area contributed by atoms with Gasteiger partial charge in [-0.3, -0.25) is 0 Å². The first kappa shape index (κ1) is 13.0. The Bertz CT molecular complexity index is 850. The van der Waals surface area contributed by atoms with Crippen molar-refractivity contribution < 1.29 is 14.6 Å². The molecule has 3 aromatic carbocycles. The molecule has 0 aromatic heterocycles. The fourth-order valence-corrected chi connectivity index (χ4v) is 3.10. The van der Waals surface area contributed by atoms with E-state index in [1.54, 1.807) is 24.3 Å². The van der Waals surface area contributed by atoms with Gasteiger partial charge in [-0.1, -0.05) is 54.6 Å². The molecule has 0 saturated heterocycles. The fourth-order valence-electron chi connectivity index (χ4n) is 3.10. The summed E-state index contributed by atoms with van der Waals surface area (Å²) in [6.45, 7) is 0. The van der Waals surface area contributed by atoms with Gasteiger partial charge < -0.3 is 9.84 Å². The van der Waals surface area contributed by atoms with Gasteiger partial charge in [0, 0.05) is 5.56 Å². The number of carbonyl (C=O) groups excluding carboxylic acids is 1. The zero-order valence-electron chi connectivity index (χ0n) is 11.8. The topological polar surface area (TPSA) is 46.5 Å². The standard InChI is InChI=1S/C19H14O3/c20-17-14-10-4-8-12-9-5-11-15(16(12)14)18(17)22-19(21)13-6-2-1-3-7-13/h1-11,17-18,20H. The SMILES string of the molecule is O=C(OC1c2cccc3cccc(c23)C1O)c1ccccc1. The maximum atomic E-state index is 12.3. The Morgan fingerprint density at radius 1 is 0.864 bits per heavy atom. The third kappa shape index (κ3) is 1.90. The van der Waals surface area contributed by atoms with Gasteiger partial charge >= 0.3 is 5.97 Å². The van der Waals surface area contributed by atoms with Crippen LogP contribution in [0.5, 0.6) is 0 Å². The smallest absolute Gasteiger partial charge is 0.338 e. The molecule has 3 aromatic rings. The molecule has 22 heavy (non-hydrogen) atoms. The third-order valence-corrected chi connectivity index (χ3v) is 4.12. The average Bonchev–Trinajstić information content (AvgIpc) is 2.84. The van der Waals surface area contributed by atoms with Crippen LogP contribution >= 0.6 is 0 Å². The maximum Gasteiger partial charge on any atom is 0.338 e. The number of aliphatic hydroxyl groups excluding tert-OH is 1. The molecular weight excluding hydrogens is 276 g/mol. The van der Waals surface area contributed by atoms with E-state index in [1.165, 1.54) is 0 Å². The summed E-state index contributed by atoms with van der Waals surface area (Å²) < 4.78 is 5.59. The Labute approximate surface area is 127 Å². The highest BCUT2D eigenvalue weighted by molar-refractivity contribution is 5.93. The van der Waals surface area contributed by atoms with Crippen molar-refractivity contribution in [2.75, 3.05) is 0 Å². The quantitative estimate of drug-likeness (QED) is 0.730. The largest absolute Gasteiger partial charge is 0.451 e. The summed E-state index contributed by atoms with van der Waals surface area (Å²) in [4.78, 5) is 12.3. The molecule has 0 fully saturated rings. The molecule has 2 unspecified atom stereocenters. The van der Waals surface area contributed by atoms with Crippen LogP contribution in [0.1, 0.15) is 33.7 Å². The van der Waals surface area contributed by atoms with Gasteiger partial charge in [0.05, 0.1) is 5.56 Å². The molecule has 0 aliphatic heterocycles. The van der Waals surface area contributed by atoms with E-state index in [0.29, 0.717) is 5.56 Å². The normalized spacial score (nSPS) is 19.3. The van der Waals surface area contributed by atoms with E-state index in [1.807, 2.05) is 42.5 Å². The van der Waals surface area contributed by atoms with Crippen LogP contribution < -0.4 is 0 Å².